The van der Waals surface area contributed by atoms with Crippen molar-refractivity contribution in [1.29, 1.82) is 0 Å². The molecule has 6 nitrogen and oxygen atoms in total. The van der Waals surface area contributed by atoms with Crippen molar-refractivity contribution < 1.29 is 9.47 Å². The lowest BCUT2D eigenvalue weighted by molar-refractivity contribution is 0.277. The molecular formula is C19H21ClN4O2. The van der Waals surface area contributed by atoms with Gasteiger partial charge in [-0.05, 0) is 43.2 Å². The van der Waals surface area contributed by atoms with Gasteiger partial charge in [0, 0.05) is 0 Å². The van der Waals surface area contributed by atoms with Gasteiger partial charge in [0.05, 0.1) is 35.5 Å². The predicted octanol–water partition coefficient (Wildman–Crippen LogP) is 4.85. The minimum Gasteiger partial charge on any atom is -0.490 e. The molecule has 0 amide bonds. The van der Waals surface area contributed by atoms with Gasteiger partial charge in [-0.3, -0.25) is 0 Å². The van der Waals surface area contributed by atoms with Crippen LogP contribution >= 0.6 is 11.6 Å². The van der Waals surface area contributed by atoms with Crippen LogP contribution in [0.3, 0.4) is 0 Å². The summed E-state index contributed by atoms with van der Waals surface area (Å²) in [4.78, 5) is 7.56. The Labute approximate surface area is 157 Å². The minimum absolute atomic E-state index is 0.495. The second kappa shape index (κ2) is 8.58. The maximum Gasteiger partial charge on any atom is 0.222 e. The number of ether oxygens (including phenoxy) is 2. The summed E-state index contributed by atoms with van der Waals surface area (Å²) in [5.41, 5.74) is 5.51. The molecule has 1 heterocycles. The van der Waals surface area contributed by atoms with Crippen LogP contribution in [0.5, 0.6) is 11.5 Å². The number of aromatic amines is 1. The van der Waals surface area contributed by atoms with E-state index in [1.807, 2.05) is 44.2 Å². The molecule has 2 aromatic carbocycles. The Morgan fingerprint density at radius 2 is 2.08 bits per heavy atom. The summed E-state index contributed by atoms with van der Waals surface area (Å²) in [7, 11) is 0. The summed E-state index contributed by atoms with van der Waals surface area (Å²) in [6, 6.07) is 11.4. The highest BCUT2D eigenvalue weighted by molar-refractivity contribution is 6.32. The van der Waals surface area contributed by atoms with Gasteiger partial charge in [-0.25, -0.2) is 10.4 Å². The molecule has 0 aliphatic carbocycles. The molecule has 7 heteroatoms. The topological polar surface area (TPSA) is 71.5 Å². The van der Waals surface area contributed by atoms with Crippen molar-refractivity contribution in [1.82, 2.24) is 9.97 Å². The van der Waals surface area contributed by atoms with Gasteiger partial charge in [0.1, 0.15) is 0 Å². The molecular weight excluding hydrogens is 352 g/mol. The highest BCUT2D eigenvalue weighted by atomic mass is 35.5. The Hall–Kier alpha value is -2.73. The molecule has 3 aromatic rings. The number of halogens is 1. The summed E-state index contributed by atoms with van der Waals surface area (Å²) in [5, 5.41) is 4.71. The van der Waals surface area contributed by atoms with E-state index in [1.165, 1.54) is 0 Å². The van der Waals surface area contributed by atoms with Gasteiger partial charge in [-0.1, -0.05) is 30.7 Å². The van der Waals surface area contributed by atoms with Gasteiger partial charge in [0.15, 0.2) is 11.5 Å². The summed E-state index contributed by atoms with van der Waals surface area (Å²) < 4.78 is 11.4. The first-order valence-corrected chi connectivity index (χ1v) is 8.92. The van der Waals surface area contributed by atoms with E-state index < -0.39 is 0 Å². The minimum atomic E-state index is 0.495. The zero-order chi connectivity index (χ0) is 18.4. The average Bonchev–Trinajstić information content (AvgIpc) is 3.04. The molecule has 2 N–H and O–H groups in total. The monoisotopic (exact) mass is 372 g/mol. The third-order valence-corrected chi connectivity index (χ3v) is 3.84. The van der Waals surface area contributed by atoms with E-state index in [2.05, 4.69) is 20.5 Å². The summed E-state index contributed by atoms with van der Waals surface area (Å²) in [5.74, 6) is 1.75. The molecule has 3 rings (SSSR count). The number of benzene rings is 2. The maximum atomic E-state index is 6.35. The number of hydrogen-bond donors (Lipinski definition) is 2. The van der Waals surface area contributed by atoms with Crippen LogP contribution in [0.2, 0.25) is 5.02 Å². The summed E-state index contributed by atoms with van der Waals surface area (Å²) in [6.07, 6.45) is 2.55. The van der Waals surface area contributed by atoms with Crippen LogP contribution < -0.4 is 14.9 Å². The fourth-order valence-electron chi connectivity index (χ4n) is 2.44. The van der Waals surface area contributed by atoms with E-state index in [-0.39, 0.29) is 0 Å². The van der Waals surface area contributed by atoms with Crippen LogP contribution in [-0.4, -0.2) is 29.4 Å². The normalized spacial score (nSPS) is 11.2. The molecule has 0 radical (unpaired) electrons. The lowest BCUT2D eigenvalue weighted by Gasteiger charge is -2.13. The van der Waals surface area contributed by atoms with Crippen molar-refractivity contribution in [3.05, 3.63) is 47.0 Å². The van der Waals surface area contributed by atoms with Crippen LogP contribution in [0.1, 0.15) is 25.8 Å². The van der Waals surface area contributed by atoms with E-state index in [4.69, 9.17) is 21.1 Å². The van der Waals surface area contributed by atoms with Crippen LogP contribution in [0, 0.1) is 0 Å². The molecule has 0 aliphatic heterocycles. The Balaban J connectivity index is 1.76. The molecule has 0 unspecified atom stereocenters. The predicted molar refractivity (Wildman–Crippen MR) is 106 cm³/mol. The van der Waals surface area contributed by atoms with Gasteiger partial charge >= 0.3 is 0 Å². The highest BCUT2D eigenvalue weighted by Crippen LogP contribution is 2.36. The quantitative estimate of drug-likeness (QED) is 0.438. The van der Waals surface area contributed by atoms with Crippen molar-refractivity contribution in [2.24, 2.45) is 5.10 Å². The Morgan fingerprint density at radius 3 is 2.85 bits per heavy atom. The fraction of sp³-hybridized carbons (Fsp3) is 0.263. The van der Waals surface area contributed by atoms with E-state index in [9.17, 15) is 0 Å². The third kappa shape index (κ3) is 4.26. The number of rotatable bonds is 8. The molecule has 0 fully saturated rings. The zero-order valence-corrected chi connectivity index (χ0v) is 15.5. The number of nitrogens with zero attached hydrogens (tertiary/aromatic N) is 2. The number of hydrazone groups is 1. The molecule has 0 saturated heterocycles. The highest BCUT2D eigenvalue weighted by Gasteiger charge is 2.12. The molecule has 0 aliphatic rings. The van der Waals surface area contributed by atoms with Crippen molar-refractivity contribution in [2.75, 3.05) is 18.6 Å². The molecule has 136 valence electrons. The van der Waals surface area contributed by atoms with E-state index in [0.29, 0.717) is 35.7 Å². The Bertz CT molecular complexity index is 875. The third-order valence-electron chi connectivity index (χ3n) is 3.56. The standard InChI is InChI=1S/C19H21ClN4O2/c1-3-9-26-18-14(20)10-13(11-17(18)25-4-2)12-21-24-19-22-15-7-5-6-8-16(15)23-19/h5-8,10-12H,3-4,9H2,1-2H3,(H2,22,23,24)/b21-12-. The molecule has 0 spiro atoms. The molecule has 0 bridgehead atoms. The SMILES string of the molecule is CCCOc1c(Cl)cc(/C=N\Nc2nc3ccccc3[nH]2)cc1OCC. The number of nitrogens with one attached hydrogen (secondary N) is 2. The van der Waals surface area contributed by atoms with Crippen molar-refractivity contribution in [2.45, 2.75) is 20.3 Å². The Kier molecular flexibility index (Phi) is 5.96. The van der Waals surface area contributed by atoms with Crippen LogP contribution in [0.4, 0.5) is 5.95 Å². The van der Waals surface area contributed by atoms with Gasteiger partial charge in [0.25, 0.3) is 0 Å². The van der Waals surface area contributed by atoms with Crippen molar-refractivity contribution in [3.8, 4) is 11.5 Å². The van der Waals surface area contributed by atoms with E-state index >= 15 is 0 Å². The van der Waals surface area contributed by atoms with Crippen molar-refractivity contribution in [3.63, 3.8) is 0 Å². The molecule has 26 heavy (non-hydrogen) atoms. The number of aromatic nitrogens is 2. The molecule has 0 saturated carbocycles. The number of fused-ring (bicyclic) bond motifs is 1. The second-order valence-corrected chi connectivity index (χ2v) is 5.99. The first-order chi connectivity index (χ1) is 12.7. The van der Waals surface area contributed by atoms with Gasteiger partial charge < -0.3 is 14.5 Å². The summed E-state index contributed by atoms with van der Waals surface area (Å²) in [6.45, 7) is 5.07. The van der Waals surface area contributed by atoms with Gasteiger partial charge in [-0.2, -0.15) is 5.10 Å². The van der Waals surface area contributed by atoms with Crippen molar-refractivity contribution >= 4 is 34.8 Å². The largest absolute Gasteiger partial charge is 0.490 e. The smallest absolute Gasteiger partial charge is 0.222 e. The lowest BCUT2D eigenvalue weighted by Crippen LogP contribution is -2.02. The maximum absolute atomic E-state index is 6.35. The number of anilines is 1. The average molecular weight is 373 g/mol. The molecule has 0 atom stereocenters. The second-order valence-electron chi connectivity index (χ2n) is 5.58. The van der Waals surface area contributed by atoms with Crippen LogP contribution in [0.25, 0.3) is 11.0 Å². The lowest BCUT2D eigenvalue weighted by atomic mass is 10.2. The van der Waals surface area contributed by atoms with Gasteiger partial charge in [0.2, 0.25) is 5.95 Å². The Morgan fingerprint density at radius 1 is 1.23 bits per heavy atom. The molecule has 1 aromatic heterocycles. The fourth-order valence-corrected chi connectivity index (χ4v) is 2.72. The number of H-pyrrole nitrogens is 1. The summed E-state index contributed by atoms with van der Waals surface area (Å²) >= 11 is 6.35. The van der Waals surface area contributed by atoms with Crippen LogP contribution in [0.15, 0.2) is 41.5 Å². The first-order valence-electron chi connectivity index (χ1n) is 8.54. The van der Waals surface area contributed by atoms with E-state index in [1.54, 1.807) is 12.3 Å². The number of hydrogen-bond acceptors (Lipinski definition) is 5. The number of para-hydroxylation sites is 2. The first kappa shape index (κ1) is 18.1. The van der Waals surface area contributed by atoms with E-state index in [0.717, 1.165) is 23.0 Å². The van der Waals surface area contributed by atoms with Gasteiger partial charge in [-0.15, -0.1) is 0 Å². The number of imidazole rings is 1. The zero-order valence-electron chi connectivity index (χ0n) is 14.8. The van der Waals surface area contributed by atoms with Crippen LogP contribution in [-0.2, 0) is 0 Å².